The minimum atomic E-state index is -0.443. The average molecular weight is 416 g/mol. The SMILES string of the molecule is O=C(N[C@@H](Cc1ccccc1)c1ccccc1)[C@H]1CC(=O)N(Cc2ccccc2F)C1. The third kappa shape index (κ3) is 5.18. The molecule has 0 aliphatic carbocycles. The van der Waals surface area contributed by atoms with E-state index in [1.807, 2.05) is 60.7 Å². The molecule has 4 nitrogen and oxygen atoms in total. The summed E-state index contributed by atoms with van der Waals surface area (Å²) in [7, 11) is 0. The number of halogens is 1. The Labute approximate surface area is 181 Å². The van der Waals surface area contributed by atoms with Gasteiger partial charge >= 0.3 is 0 Å². The first-order valence-corrected chi connectivity index (χ1v) is 10.5. The molecule has 0 bridgehead atoms. The summed E-state index contributed by atoms with van der Waals surface area (Å²) in [6.45, 7) is 0.479. The van der Waals surface area contributed by atoms with Gasteiger partial charge in [-0.2, -0.15) is 0 Å². The standard InChI is InChI=1S/C26H25FN2O2/c27-23-14-8-7-13-21(23)17-29-18-22(16-25(29)30)26(31)28-24(20-11-5-2-6-12-20)15-19-9-3-1-4-10-19/h1-14,22,24H,15-18H2,(H,28,31)/t22-,24-/m0/s1. The number of hydrogen-bond donors (Lipinski definition) is 1. The average Bonchev–Trinajstić information content (AvgIpc) is 3.16. The Balaban J connectivity index is 1.45. The van der Waals surface area contributed by atoms with Gasteiger partial charge in [0.2, 0.25) is 11.8 Å². The van der Waals surface area contributed by atoms with Crippen LogP contribution in [0.3, 0.4) is 0 Å². The number of carbonyl (C=O) groups is 2. The molecule has 2 amide bonds. The molecule has 1 aliphatic heterocycles. The Morgan fingerprint density at radius 1 is 0.968 bits per heavy atom. The van der Waals surface area contributed by atoms with Crippen LogP contribution in [0.25, 0.3) is 0 Å². The zero-order valence-corrected chi connectivity index (χ0v) is 17.2. The van der Waals surface area contributed by atoms with Gasteiger partial charge in [0.05, 0.1) is 12.0 Å². The summed E-state index contributed by atoms with van der Waals surface area (Å²) in [6.07, 6.45) is 0.809. The van der Waals surface area contributed by atoms with Gasteiger partial charge in [-0.3, -0.25) is 9.59 Å². The lowest BCUT2D eigenvalue weighted by Gasteiger charge is -2.22. The van der Waals surface area contributed by atoms with Gasteiger partial charge in [-0.25, -0.2) is 4.39 Å². The van der Waals surface area contributed by atoms with Crippen molar-refractivity contribution in [2.45, 2.75) is 25.4 Å². The fourth-order valence-corrected chi connectivity index (χ4v) is 4.01. The molecule has 158 valence electrons. The lowest BCUT2D eigenvalue weighted by Crippen LogP contribution is -2.36. The molecule has 0 unspecified atom stereocenters. The molecule has 3 aromatic carbocycles. The van der Waals surface area contributed by atoms with E-state index in [9.17, 15) is 14.0 Å². The number of nitrogens with zero attached hydrogens (tertiary/aromatic N) is 1. The number of rotatable bonds is 7. The molecule has 1 aliphatic rings. The highest BCUT2D eigenvalue weighted by Crippen LogP contribution is 2.24. The Morgan fingerprint density at radius 3 is 2.32 bits per heavy atom. The maximum atomic E-state index is 14.0. The first-order chi connectivity index (χ1) is 15.1. The highest BCUT2D eigenvalue weighted by atomic mass is 19.1. The van der Waals surface area contributed by atoms with Crippen LogP contribution >= 0.6 is 0 Å². The van der Waals surface area contributed by atoms with Crippen molar-refractivity contribution in [1.29, 1.82) is 0 Å². The number of benzene rings is 3. The zero-order valence-electron chi connectivity index (χ0n) is 17.2. The summed E-state index contributed by atoms with van der Waals surface area (Å²) < 4.78 is 14.0. The highest BCUT2D eigenvalue weighted by Gasteiger charge is 2.35. The topological polar surface area (TPSA) is 49.4 Å². The normalized spacial score (nSPS) is 16.9. The Bertz CT molecular complexity index is 1040. The van der Waals surface area contributed by atoms with Crippen LogP contribution in [0.4, 0.5) is 4.39 Å². The maximum absolute atomic E-state index is 14.0. The van der Waals surface area contributed by atoms with E-state index in [1.54, 1.807) is 23.1 Å². The molecule has 0 radical (unpaired) electrons. The fourth-order valence-electron chi connectivity index (χ4n) is 4.01. The largest absolute Gasteiger partial charge is 0.349 e. The predicted molar refractivity (Wildman–Crippen MR) is 117 cm³/mol. The fraction of sp³-hybridized carbons (Fsp3) is 0.231. The van der Waals surface area contributed by atoms with Gasteiger partial charge in [-0.05, 0) is 23.6 Å². The van der Waals surface area contributed by atoms with Crippen LogP contribution in [-0.2, 0) is 22.6 Å². The molecule has 0 saturated carbocycles. The van der Waals surface area contributed by atoms with Gasteiger partial charge < -0.3 is 10.2 Å². The van der Waals surface area contributed by atoms with Crippen molar-refractivity contribution in [2.75, 3.05) is 6.54 Å². The van der Waals surface area contributed by atoms with Crippen molar-refractivity contribution in [2.24, 2.45) is 5.92 Å². The molecule has 1 heterocycles. The van der Waals surface area contributed by atoms with Gasteiger partial charge in [-0.15, -0.1) is 0 Å². The van der Waals surface area contributed by atoms with Crippen LogP contribution in [0.15, 0.2) is 84.9 Å². The van der Waals surface area contributed by atoms with Gasteiger partial charge in [0.1, 0.15) is 5.82 Å². The number of amides is 2. The first-order valence-electron chi connectivity index (χ1n) is 10.5. The lowest BCUT2D eigenvalue weighted by atomic mass is 9.97. The Kier molecular flexibility index (Phi) is 6.41. The quantitative estimate of drug-likeness (QED) is 0.625. The number of hydrogen-bond acceptors (Lipinski definition) is 2. The minimum absolute atomic E-state index is 0.122. The molecule has 1 fully saturated rings. The second kappa shape index (κ2) is 9.56. The van der Waals surface area contributed by atoms with Crippen LogP contribution in [0.1, 0.15) is 29.2 Å². The summed E-state index contributed by atoms with van der Waals surface area (Å²) in [4.78, 5) is 27.1. The van der Waals surface area contributed by atoms with E-state index in [2.05, 4.69) is 5.32 Å². The van der Waals surface area contributed by atoms with E-state index in [4.69, 9.17) is 0 Å². The van der Waals surface area contributed by atoms with Crippen molar-refractivity contribution < 1.29 is 14.0 Å². The zero-order chi connectivity index (χ0) is 21.6. The summed E-state index contributed by atoms with van der Waals surface area (Å²) in [5.74, 6) is -1.05. The van der Waals surface area contributed by atoms with Gasteiger partial charge in [0.15, 0.2) is 0 Å². The molecule has 0 aromatic heterocycles. The molecular formula is C26H25FN2O2. The molecule has 31 heavy (non-hydrogen) atoms. The van der Waals surface area contributed by atoms with Gasteiger partial charge in [-0.1, -0.05) is 78.9 Å². The van der Waals surface area contributed by atoms with Crippen molar-refractivity contribution in [1.82, 2.24) is 10.2 Å². The number of likely N-dealkylation sites (tertiary alicyclic amines) is 1. The monoisotopic (exact) mass is 416 g/mol. The van der Waals surface area contributed by atoms with Crippen LogP contribution in [0.5, 0.6) is 0 Å². The molecule has 3 aromatic rings. The van der Waals surface area contributed by atoms with E-state index in [-0.39, 0.29) is 36.6 Å². The summed E-state index contributed by atoms with van der Waals surface area (Å²) >= 11 is 0. The molecule has 1 N–H and O–H groups in total. The van der Waals surface area contributed by atoms with E-state index < -0.39 is 5.92 Å². The summed E-state index contributed by atoms with van der Waals surface area (Å²) in [5.41, 5.74) is 2.61. The third-order valence-corrected chi connectivity index (χ3v) is 5.71. The molecule has 5 heteroatoms. The van der Waals surface area contributed by atoms with Gasteiger partial charge in [0.25, 0.3) is 0 Å². The van der Waals surface area contributed by atoms with E-state index in [0.29, 0.717) is 18.5 Å². The van der Waals surface area contributed by atoms with Gasteiger partial charge in [0, 0.05) is 25.1 Å². The Hall–Kier alpha value is -3.47. The first kappa shape index (κ1) is 20.8. The molecular weight excluding hydrogens is 391 g/mol. The maximum Gasteiger partial charge on any atom is 0.225 e. The van der Waals surface area contributed by atoms with Crippen molar-refractivity contribution in [3.05, 3.63) is 107 Å². The van der Waals surface area contributed by atoms with E-state index in [1.165, 1.54) is 6.07 Å². The molecule has 2 atom stereocenters. The summed E-state index contributed by atoms with van der Waals surface area (Å²) in [6, 6.07) is 26.1. The van der Waals surface area contributed by atoms with Crippen molar-refractivity contribution in [3.8, 4) is 0 Å². The third-order valence-electron chi connectivity index (χ3n) is 5.71. The lowest BCUT2D eigenvalue weighted by molar-refractivity contribution is -0.129. The minimum Gasteiger partial charge on any atom is -0.349 e. The van der Waals surface area contributed by atoms with Crippen molar-refractivity contribution >= 4 is 11.8 Å². The van der Waals surface area contributed by atoms with E-state index >= 15 is 0 Å². The van der Waals surface area contributed by atoms with Crippen LogP contribution in [0.2, 0.25) is 0 Å². The smallest absolute Gasteiger partial charge is 0.225 e. The van der Waals surface area contributed by atoms with Crippen LogP contribution < -0.4 is 5.32 Å². The highest BCUT2D eigenvalue weighted by molar-refractivity contribution is 5.89. The van der Waals surface area contributed by atoms with Crippen LogP contribution in [0, 0.1) is 11.7 Å². The predicted octanol–water partition coefficient (Wildman–Crippen LogP) is 4.27. The van der Waals surface area contributed by atoms with Crippen LogP contribution in [-0.4, -0.2) is 23.3 Å². The molecule has 4 rings (SSSR count). The number of carbonyl (C=O) groups excluding carboxylic acids is 2. The summed E-state index contributed by atoms with van der Waals surface area (Å²) in [5, 5.41) is 3.15. The number of nitrogens with one attached hydrogen (secondary N) is 1. The van der Waals surface area contributed by atoms with Crippen molar-refractivity contribution in [3.63, 3.8) is 0 Å². The van der Waals surface area contributed by atoms with E-state index in [0.717, 1.165) is 11.1 Å². The molecule has 0 spiro atoms. The second-order valence-corrected chi connectivity index (χ2v) is 7.93. The molecule has 1 saturated heterocycles. The second-order valence-electron chi connectivity index (χ2n) is 7.93. The Morgan fingerprint density at radius 2 is 1.61 bits per heavy atom.